The first-order chi connectivity index (χ1) is 10.5. The van der Waals surface area contributed by atoms with Gasteiger partial charge in [0.2, 0.25) is 0 Å². The second kappa shape index (κ2) is 5.46. The van der Waals surface area contributed by atoms with Crippen LogP contribution in [-0.2, 0) is 10.0 Å². The minimum Gasteiger partial charge on any atom is -0.508 e. The first-order valence-corrected chi connectivity index (χ1v) is 8.40. The Morgan fingerprint density at radius 1 is 1.09 bits per heavy atom. The summed E-state index contributed by atoms with van der Waals surface area (Å²) in [5, 5.41) is 9.36. The number of phenols is 1. The van der Waals surface area contributed by atoms with Crippen molar-refractivity contribution < 1.29 is 18.3 Å². The summed E-state index contributed by atoms with van der Waals surface area (Å²) in [5.41, 5.74) is 0.817. The van der Waals surface area contributed by atoms with Gasteiger partial charge in [-0.2, -0.15) is 0 Å². The maximum atomic E-state index is 12.3. The molecule has 5 nitrogen and oxygen atoms in total. The summed E-state index contributed by atoms with van der Waals surface area (Å²) >= 11 is 0. The molecule has 0 bridgehead atoms. The van der Waals surface area contributed by atoms with Crippen LogP contribution in [0.4, 0.5) is 5.69 Å². The maximum Gasteiger partial charge on any atom is 0.261 e. The lowest BCUT2D eigenvalue weighted by atomic mass is 10.1. The van der Waals surface area contributed by atoms with E-state index in [0.29, 0.717) is 5.56 Å². The molecule has 1 aliphatic carbocycles. The summed E-state index contributed by atoms with van der Waals surface area (Å²) < 4.78 is 26.9. The quantitative estimate of drug-likeness (QED) is 0.831. The maximum absolute atomic E-state index is 12.3. The molecule has 6 heteroatoms. The highest BCUT2D eigenvalue weighted by molar-refractivity contribution is 7.92. The lowest BCUT2D eigenvalue weighted by Gasteiger charge is -2.09. The number of rotatable bonds is 5. The molecule has 1 fully saturated rings. The number of carbonyl (C=O) groups is 1. The highest BCUT2D eigenvalue weighted by atomic mass is 32.2. The molecule has 114 valence electrons. The van der Waals surface area contributed by atoms with Gasteiger partial charge < -0.3 is 5.11 Å². The lowest BCUT2D eigenvalue weighted by Crippen LogP contribution is -2.13. The zero-order valence-corrected chi connectivity index (χ0v) is 12.5. The normalized spacial score (nSPS) is 14.5. The topological polar surface area (TPSA) is 83.5 Å². The number of carbonyl (C=O) groups excluding carboxylic acids is 1. The van der Waals surface area contributed by atoms with Crippen LogP contribution in [0.2, 0.25) is 0 Å². The second-order valence-electron chi connectivity index (χ2n) is 5.32. The van der Waals surface area contributed by atoms with Crippen molar-refractivity contribution in [1.29, 1.82) is 0 Å². The fourth-order valence-electron chi connectivity index (χ4n) is 2.16. The van der Waals surface area contributed by atoms with Crippen molar-refractivity contribution in [3.05, 3.63) is 54.1 Å². The number of sulfonamides is 1. The molecule has 0 amide bonds. The Hall–Kier alpha value is -2.34. The van der Waals surface area contributed by atoms with Gasteiger partial charge in [0, 0.05) is 17.5 Å². The highest BCUT2D eigenvalue weighted by Gasteiger charge is 2.30. The molecule has 0 heterocycles. The van der Waals surface area contributed by atoms with Gasteiger partial charge >= 0.3 is 0 Å². The van der Waals surface area contributed by atoms with E-state index in [1.54, 1.807) is 12.1 Å². The van der Waals surface area contributed by atoms with Gasteiger partial charge in [-0.3, -0.25) is 9.52 Å². The smallest absolute Gasteiger partial charge is 0.261 e. The second-order valence-corrected chi connectivity index (χ2v) is 7.00. The minimum atomic E-state index is -3.75. The number of ketones is 1. The van der Waals surface area contributed by atoms with E-state index >= 15 is 0 Å². The number of phenolic OH excluding ortho intramolecular Hbond substituents is 1. The predicted molar refractivity (Wildman–Crippen MR) is 82.4 cm³/mol. The molecule has 2 aromatic rings. The molecular formula is C16H15NO4S. The van der Waals surface area contributed by atoms with Crippen LogP contribution in [0.3, 0.4) is 0 Å². The van der Waals surface area contributed by atoms with Crippen LogP contribution < -0.4 is 4.72 Å². The lowest BCUT2D eigenvalue weighted by molar-refractivity contribution is 0.0967. The summed E-state index contributed by atoms with van der Waals surface area (Å²) in [6.07, 6.45) is 1.83. The van der Waals surface area contributed by atoms with Gasteiger partial charge in [0.1, 0.15) is 5.75 Å². The summed E-state index contributed by atoms with van der Waals surface area (Å²) in [6, 6.07) is 11.8. The number of hydrogen-bond donors (Lipinski definition) is 2. The van der Waals surface area contributed by atoms with E-state index in [4.69, 9.17) is 0 Å². The third-order valence-corrected chi connectivity index (χ3v) is 4.89. The van der Waals surface area contributed by atoms with Crippen LogP contribution in [-0.4, -0.2) is 19.3 Å². The largest absolute Gasteiger partial charge is 0.508 e. The molecule has 1 aliphatic rings. The van der Waals surface area contributed by atoms with Crippen LogP contribution in [0.1, 0.15) is 23.2 Å². The van der Waals surface area contributed by atoms with Crippen molar-refractivity contribution in [3.63, 3.8) is 0 Å². The van der Waals surface area contributed by atoms with Gasteiger partial charge in [0.15, 0.2) is 5.78 Å². The molecule has 3 rings (SSSR count). The molecular weight excluding hydrogens is 302 g/mol. The Labute approximate surface area is 128 Å². The standard InChI is InChI=1S/C16H15NO4S/c18-14-3-1-2-13(10-14)17-22(20,21)15-8-6-12(7-9-15)16(19)11-4-5-11/h1-3,6-11,17-18H,4-5H2. The van der Waals surface area contributed by atoms with Crippen molar-refractivity contribution >= 4 is 21.5 Å². The van der Waals surface area contributed by atoms with E-state index in [-0.39, 0.29) is 28.0 Å². The molecule has 0 saturated heterocycles. The monoisotopic (exact) mass is 317 g/mol. The van der Waals surface area contributed by atoms with Crippen molar-refractivity contribution in [1.82, 2.24) is 0 Å². The van der Waals surface area contributed by atoms with Crippen LogP contribution in [0.25, 0.3) is 0 Å². The molecule has 1 saturated carbocycles. The Kier molecular flexibility index (Phi) is 3.62. The van der Waals surface area contributed by atoms with Gasteiger partial charge in [-0.1, -0.05) is 18.2 Å². The molecule has 2 N–H and O–H groups in total. The summed E-state index contributed by atoms with van der Waals surface area (Å²) in [6.45, 7) is 0. The summed E-state index contributed by atoms with van der Waals surface area (Å²) in [5.74, 6) is 0.156. The fraction of sp³-hybridized carbons (Fsp3) is 0.188. The molecule has 0 aliphatic heterocycles. The van der Waals surface area contributed by atoms with E-state index in [2.05, 4.69) is 4.72 Å². The van der Waals surface area contributed by atoms with Crippen molar-refractivity contribution in [3.8, 4) is 5.75 Å². The van der Waals surface area contributed by atoms with Crippen LogP contribution in [0.15, 0.2) is 53.4 Å². The van der Waals surface area contributed by atoms with Gasteiger partial charge in [-0.15, -0.1) is 0 Å². The Morgan fingerprint density at radius 2 is 1.77 bits per heavy atom. The number of aromatic hydroxyl groups is 1. The summed E-state index contributed by atoms with van der Waals surface area (Å²) in [4.78, 5) is 12.0. The zero-order valence-electron chi connectivity index (χ0n) is 11.7. The van der Waals surface area contributed by atoms with Crippen LogP contribution in [0.5, 0.6) is 5.75 Å². The van der Waals surface area contributed by atoms with Gasteiger partial charge in [0.05, 0.1) is 10.6 Å². The Balaban J connectivity index is 1.81. The molecule has 22 heavy (non-hydrogen) atoms. The highest BCUT2D eigenvalue weighted by Crippen LogP contribution is 2.32. The number of anilines is 1. The van der Waals surface area contributed by atoms with Gasteiger partial charge in [-0.05, 0) is 37.1 Å². The van der Waals surface area contributed by atoms with Crippen LogP contribution >= 0.6 is 0 Å². The molecule has 0 radical (unpaired) electrons. The number of nitrogens with one attached hydrogen (secondary N) is 1. The average Bonchev–Trinajstić information content (AvgIpc) is 3.31. The molecule has 2 aromatic carbocycles. The van der Waals surface area contributed by atoms with Crippen molar-refractivity contribution in [2.24, 2.45) is 5.92 Å². The van der Waals surface area contributed by atoms with E-state index in [9.17, 15) is 18.3 Å². The first kappa shape index (κ1) is 14.6. The van der Waals surface area contributed by atoms with Crippen molar-refractivity contribution in [2.45, 2.75) is 17.7 Å². The molecule has 0 aromatic heterocycles. The Morgan fingerprint density at radius 3 is 2.36 bits per heavy atom. The predicted octanol–water partition coefficient (Wildman–Crippen LogP) is 2.79. The van der Waals surface area contributed by atoms with Gasteiger partial charge in [0.25, 0.3) is 10.0 Å². The molecule has 0 spiro atoms. The van der Waals surface area contributed by atoms with E-state index in [1.807, 2.05) is 0 Å². The average molecular weight is 317 g/mol. The molecule has 0 unspecified atom stereocenters. The van der Waals surface area contributed by atoms with Crippen LogP contribution in [0, 0.1) is 5.92 Å². The fourth-order valence-corrected chi connectivity index (χ4v) is 3.21. The molecule has 0 atom stereocenters. The Bertz CT molecular complexity index is 808. The first-order valence-electron chi connectivity index (χ1n) is 6.92. The van der Waals surface area contributed by atoms with E-state index < -0.39 is 10.0 Å². The van der Waals surface area contributed by atoms with Crippen molar-refractivity contribution in [2.75, 3.05) is 4.72 Å². The SMILES string of the molecule is O=C(c1ccc(S(=O)(=O)Nc2cccc(O)c2)cc1)C1CC1. The number of benzene rings is 2. The third kappa shape index (κ3) is 3.12. The summed E-state index contributed by atoms with van der Waals surface area (Å²) in [7, 11) is -3.75. The zero-order chi connectivity index (χ0) is 15.7. The van der Waals surface area contributed by atoms with E-state index in [0.717, 1.165) is 12.8 Å². The van der Waals surface area contributed by atoms with Gasteiger partial charge in [-0.25, -0.2) is 8.42 Å². The third-order valence-electron chi connectivity index (χ3n) is 3.50. The number of hydrogen-bond acceptors (Lipinski definition) is 4. The van der Waals surface area contributed by atoms with E-state index in [1.165, 1.54) is 36.4 Å². The number of Topliss-reactive ketones (excluding diaryl/α,β-unsaturated/α-hetero) is 1. The minimum absolute atomic E-state index is 0.0226.